The number of carbonyl (C=O) groups excluding carboxylic acids is 1. The summed E-state index contributed by atoms with van der Waals surface area (Å²) in [7, 11) is 0. The van der Waals surface area contributed by atoms with Gasteiger partial charge in [-0.3, -0.25) is 9.59 Å². The molecular weight excluding hydrogens is 192 g/mol. The second kappa shape index (κ2) is 5.53. The average Bonchev–Trinajstić information content (AvgIpc) is 2.02. The normalized spacial score (nSPS) is 11.1. The summed E-state index contributed by atoms with van der Waals surface area (Å²) in [5.74, 6) is -3.59. The molecule has 76 valence electrons. The highest BCUT2D eigenvalue weighted by molar-refractivity contribution is 5.87. The molecule has 0 saturated heterocycles. The molecule has 0 aromatic carbocycles. The Morgan fingerprint density at radius 1 is 1.36 bits per heavy atom. The largest absolute Gasteiger partial charge is 0.481 e. The maximum absolute atomic E-state index is 10.7. The monoisotopic (exact) mass is 200 g/mol. The molecule has 0 heterocycles. The van der Waals surface area contributed by atoms with Crippen molar-refractivity contribution in [1.29, 1.82) is 5.26 Å². The number of nitriles is 1. The molecule has 14 heavy (non-hydrogen) atoms. The minimum absolute atomic E-state index is 0.497. The molecule has 0 radical (unpaired) electrons. The number of rotatable bonds is 5. The van der Waals surface area contributed by atoms with E-state index in [0.29, 0.717) is 0 Å². The van der Waals surface area contributed by atoms with Crippen LogP contribution in [0.4, 0.5) is 0 Å². The lowest BCUT2D eigenvalue weighted by molar-refractivity contribution is -0.147. The summed E-state index contributed by atoms with van der Waals surface area (Å²) in [6.45, 7) is 0. The molecule has 0 bridgehead atoms. The molecule has 1 amide bonds. The summed E-state index contributed by atoms with van der Waals surface area (Å²) >= 11 is 0. The predicted octanol–water partition coefficient (Wildman–Crippen LogP) is -1.06. The molecule has 0 saturated carbocycles. The molecule has 3 N–H and O–H groups in total. The maximum atomic E-state index is 10.7. The van der Waals surface area contributed by atoms with Crippen LogP contribution < -0.4 is 5.32 Å². The van der Waals surface area contributed by atoms with Crippen LogP contribution in [0.15, 0.2) is 0 Å². The van der Waals surface area contributed by atoms with Gasteiger partial charge in [-0.1, -0.05) is 0 Å². The van der Waals surface area contributed by atoms with E-state index >= 15 is 0 Å². The topological polar surface area (TPSA) is 127 Å². The first-order chi connectivity index (χ1) is 6.47. The van der Waals surface area contributed by atoms with Crippen molar-refractivity contribution < 1.29 is 24.6 Å². The van der Waals surface area contributed by atoms with Gasteiger partial charge in [0.2, 0.25) is 5.91 Å². The molecule has 0 aliphatic heterocycles. The Bertz CT molecular complexity index is 293. The first-order valence-corrected chi connectivity index (χ1v) is 3.58. The molecule has 0 aliphatic rings. The zero-order valence-electron chi connectivity index (χ0n) is 7.06. The Balaban J connectivity index is 4.24. The van der Waals surface area contributed by atoms with Crippen LogP contribution in [0.5, 0.6) is 0 Å². The van der Waals surface area contributed by atoms with Crippen LogP contribution in [0.1, 0.15) is 12.8 Å². The lowest BCUT2D eigenvalue weighted by Gasteiger charge is -2.10. The van der Waals surface area contributed by atoms with Crippen LogP contribution in [0.3, 0.4) is 0 Å². The fourth-order valence-corrected chi connectivity index (χ4v) is 0.692. The van der Waals surface area contributed by atoms with E-state index in [1.54, 1.807) is 0 Å². The zero-order valence-corrected chi connectivity index (χ0v) is 7.06. The van der Waals surface area contributed by atoms with Crippen molar-refractivity contribution in [1.82, 2.24) is 5.32 Å². The molecule has 7 nitrogen and oxygen atoms in total. The maximum Gasteiger partial charge on any atom is 0.326 e. The Hall–Kier alpha value is -2.10. The number of carboxylic acids is 2. The Kier molecular flexibility index (Phi) is 4.70. The number of nitrogens with zero attached hydrogens (tertiary/aromatic N) is 1. The molecule has 0 fully saturated rings. The van der Waals surface area contributed by atoms with Crippen molar-refractivity contribution in [3.05, 3.63) is 0 Å². The molecule has 0 spiro atoms. The van der Waals surface area contributed by atoms with Gasteiger partial charge in [0, 0.05) is 0 Å². The standard InChI is InChI=1S/C7H8N2O5/c8-2-1-5(10)9-4(7(13)14)3-6(11)12/h4H,1,3H2,(H,9,10)(H,11,12)(H,13,14). The van der Waals surface area contributed by atoms with Crippen LogP contribution >= 0.6 is 0 Å². The molecule has 0 aliphatic carbocycles. The van der Waals surface area contributed by atoms with Crippen molar-refractivity contribution >= 4 is 17.8 Å². The highest BCUT2D eigenvalue weighted by Gasteiger charge is 2.22. The van der Waals surface area contributed by atoms with Crippen LogP contribution in [0, 0.1) is 11.3 Å². The zero-order chi connectivity index (χ0) is 11.1. The van der Waals surface area contributed by atoms with Gasteiger partial charge in [-0.25, -0.2) is 4.79 Å². The van der Waals surface area contributed by atoms with Crippen molar-refractivity contribution in [2.75, 3.05) is 0 Å². The third-order valence-electron chi connectivity index (χ3n) is 1.25. The third-order valence-corrected chi connectivity index (χ3v) is 1.25. The van der Waals surface area contributed by atoms with Crippen LogP contribution in [-0.4, -0.2) is 34.1 Å². The number of amides is 1. The van der Waals surface area contributed by atoms with E-state index in [0.717, 1.165) is 0 Å². The Morgan fingerprint density at radius 2 is 1.93 bits per heavy atom. The van der Waals surface area contributed by atoms with Crippen molar-refractivity contribution in [2.24, 2.45) is 0 Å². The molecule has 0 rings (SSSR count). The second-order valence-electron chi connectivity index (χ2n) is 2.39. The van der Waals surface area contributed by atoms with E-state index < -0.39 is 36.7 Å². The van der Waals surface area contributed by atoms with Gasteiger partial charge in [-0.2, -0.15) is 5.26 Å². The van der Waals surface area contributed by atoms with Crippen molar-refractivity contribution in [3.63, 3.8) is 0 Å². The van der Waals surface area contributed by atoms with Crippen molar-refractivity contribution in [2.45, 2.75) is 18.9 Å². The van der Waals surface area contributed by atoms with Gasteiger partial charge >= 0.3 is 11.9 Å². The van der Waals surface area contributed by atoms with Gasteiger partial charge in [-0.15, -0.1) is 0 Å². The molecular formula is C7H8N2O5. The Morgan fingerprint density at radius 3 is 2.29 bits per heavy atom. The lowest BCUT2D eigenvalue weighted by atomic mass is 10.2. The van der Waals surface area contributed by atoms with Gasteiger partial charge in [0.15, 0.2) is 0 Å². The molecule has 7 heteroatoms. The first kappa shape index (κ1) is 11.9. The average molecular weight is 200 g/mol. The van der Waals surface area contributed by atoms with E-state index in [9.17, 15) is 14.4 Å². The quantitative estimate of drug-likeness (QED) is 0.519. The number of nitrogens with one attached hydrogen (secondary N) is 1. The smallest absolute Gasteiger partial charge is 0.326 e. The summed E-state index contributed by atoms with van der Waals surface area (Å²) in [5.41, 5.74) is 0. The van der Waals surface area contributed by atoms with E-state index in [1.807, 2.05) is 5.32 Å². The first-order valence-electron chi connectivity index (χ1n) is 3.58. The van der Waals surface area contributed by atoms with Gasteiger partial charge < -0.3 is 15.5 Å². The van der Waals surface area contributed by atoms with E-state index in [1.165, 1.54) is 6.07 Å². The third kappa shape index (κ3) is 4.71. The number of carboxylic acid groups (broad SMARTS) is 2. The van der Waals surface area contributed by atoms with Crippen molar-refractivity contribution in [3.8, 4) is 6.07 Å². The summed E-state index contributed by atoms with van der Waals surface area (Å²) in [6.07, 6.45) is -1.21. The summed E-state index contributed by atoms with van der Waals surface area (Å²) in [6, 6.07) is 0.0204. The van der Waals surface area contributed by atoms with Gasteiger partial charge in [0.05, 0.1) is 12.5 Å². The molecule has 1 unspecified atom stereocenters. The number of carbonyl (C=O) groups is 3. The second-order valence-corrected chi connectivity index (χ2v) is 2.39. The highest BCUT2D eigenvalue weighted by atomic mass is 16.4. The number of hydrogen-bond acceptors (Lipinski definition) is 4. The molecule has 0 aromatic heterocycles. The lowest BCUT2D eigenvalue weighted by Crippen LogP contribution is -2.42. The van der Waals surface area contributed by atoms with Crippen LogP contribution in [0.2, 0.25) is 0 Å². The minimum Gasteiger partial charge on any atom is -0.481 e. The number of aliphatic carboxylic acids is 2. The fraction of sp³-hybridized carbons (Fsp3) is 0.429. The summed E-state index contributed by atoms with van der Waals surface area (Å²) < 4.78 is 0. The van der Waals surface area contributed by atoms with E-state index in [-0.39, 0.29) is 0 Å². The highest BCUT2D eigenvalue weighted by Crippen LogP contribution is 1.93. The minimum atomic E-state index is -1.49. The number of hydrogen-bond donors (Lipinski definition) is 3. The molecule has 0 aromatic rings. The molecule has 1 atom stereocenters. The van der Waals surface area contributed by atoms with Gasteiger partial charge in [0.25, 0.3) is 0 Å². The van der Waals surface area contributed by atoms with Crippen LogP contribution in [0.25, 0.3) is 0 Å². The van der Waals surface area contributed by atoms with Crippen LogP contribution in [-0.2, 0) is 14.4 Å². The van der Waals surface area contributed by atoms with Gasteiger partial charge in [-0.05, 0) is 0 Å². The van der Waals surface area contributed by atoms with E-state index in [4.69, 9.17) is 15.5 Å². The van der Waals surface area contributed by atoms with Gasteiger partial charge in [0.1, 0.15) is 12.5 Å². The fourth-order valence-electron chi connectivity index (χ4n) is 0.692. The predicted molar refractivity (Wildman–Crippen MR) is 42.0 cm³/mol. The van der Waals surface area contributed by atoms with E-state index in [2.05, 4.69) is 0 Å². The SMILES string of the molecule is N#CCC(=O)NC(CC(=O)O)C(=O)O. The summed E-state index contributed by atoms with van der Waals surface area (Å²) in [4.78, 5) is 31.3. The Labute approximate surface area is 78.9 Å². The summed E-state index contributed by atoms with van der Waals surface area (Å²) in [5, 5.41) is 26.8.